The van der Waals surface area contributed by atoms with Crippen molar-refractivity contribution in [2.45, 2.75) is 44.4 Å². The van der Waals surface area contributed by atoms with Gasteiger partial charge in [-0.3, -0.25) is 4.79 Å². The Labute approximate surface area is 124 Å². The van der Waals surface area contributed by atoms with E-state index in [1.165, 1.54) is 12.8 Å². The van der Waals surface area contributed by atoms with Gasteiger partial charge in [0.2, 0.25) is 0 Å². The molecule has 1 amide bonds. The topological polar surface area (TPSA) is 56.6 Å². The Kier molecular flexibility index (Phi) is 3.23. The second-order valence-corrected chi connectivity index (χ2v) is 6.09. The van der Waals surface area contributed by atoms with Crippen molar-refractivity contribution in [1.29, 1.82) is 0 Å². The lowest BCUT2D eigenvalue weighted by Crippen LogP contribution is -2.47. The number of piperidine rings is 1. The number of ether oxygens (including phenoxy) is 2. The van der Waals surface area contributed by atoms with Gasteiger partial charge in [-0.2, -0.15) is 0 Å². The maximum atomic E-state index is 12.6. The highest BCUT2D eigenvalue weighted by Crippen LogP contribution is 2.31. The molecule has 0 aromatic carbocycles. The normalized spacial score (nSPS) is 24.3. The van der Waals surface area contributed by atoms with E-state index in [1.54, 1.807) is 0 Å². The van der Waals surface area contributed by atoms with Crippen LogP contribution in [-0.2, 0) is 22.4 Å². The summed E-state index contributed by atoms with van der Waals surface area (Å²) in [5, 5.41) is 0. The number of imidazole rings is 1. The molecule has 6 nitrogen and oxygen atoms in total. The number of aromatic nitrogens is 2. The quantitative estimate of drug-likeness (QED) is 0.780. The van der Waals surface area contributed by atoms with Crippen LogP contribution in [0.15, 0.2) is 6.20 Å². The molecule has 0 N–H and O–H groups in total. The van der Waals surface area contributed by atoms with Gasteiger partial charge in [-0.1, -0.05) is 0 Å². The van der Waals surface area contributed by atoms with Crippen LogP contribution >= 0.6 is 0 Å². The zero-order chi connectivity index (χ0) is 14.3. The number of hydrogen-bond donors (Lipinski definition) is 0. The smallest absolute Gasteiger partial charge is 0.274 e. The van der Waals surface area contributed by atoms with Crippen molar-refractivity contribution in [1.82, 2.24) is 14.5 Å². The van der Waals surface area contributed by atoms with Crippen LogP contribution < -0.4 is 0 Å². The highest BCUT2D eigenvalue weighted by molar-refractivity contribution is 5.92. The molecule has 2 saturated heterocycles. The van der Waals surface area contributed by atoms with E-state index in [1.807, 2.05) is 11.1 Å². The van der Waals surface area contributed by atoms with Gasteiger partial charge < -0.3 is 18.9 Å². The van der Waals surface area contributed by atoms with Gasteiger partial charge in [0.25, 0.3) is 5.91 Å². The third kappa shape index (κ3) is 2.36. The molecule has 3 aliphatic rings. The number of carbonyl (C=O) groups is 1. The first-order valence-electron chi connectivity index (χ1n) is 7.89. The van der Waals surface area contributed by atoms with Crippen LogP contribution in [0.25, 0.3) is 0 Å². The van der Waals surface area contributed by atoms with Crippen LogP contribution in [-0.4, -0.2) is 52.4 Å². The molecule has 4 rings (SSSR count). The summed E-state index contributed by atoms with van der Waals surface area (Å²) in [6, 6.07) is 0. The average molecular weight is 291 g/mol. The molecule has 0 atom stereocenters. The summed E-state index contributed by atoms with van der Waals surface area (Å²) in [4.78, 5) is 19.0. The van der Waals surface area contributed by atoms with Gasteiger partial charge in [-0.05, 0) is 12.8 Å². The number of rotatable bonds is 1. The lowest BCUT2D eigenvalue weighted by molar-refractivity contribution is -0.181. The van der Waals surface area contributed by atoms with E-state index in [2.05, 4.69) is 9.55 Å². The monoisotopic (exact) mass is 291 g/mol. The summed E-state index contributed by atoms with van der Waals surface area (Å²) in [5.41, 5.74) is 0.594. The van der Waals surface area contributed by atoms with Gasteiger partial charge in [-0.15, -0.1) is 0 Å². The Bertz CT molecular complexity index is 515. The molecule has 0 radical (unpaired) electrons. The summed E-state index contributed by atoms with van der Waals surface area (Å²) in [7, 11) is 0. The number of fused-ring (bicyclic) bond motifs is 1. The molecule has 1 aromatic heterocycles. The van der Waals surface area contributed by atoms with Gasteiger partial charge in [0.1, 0.15) is 11.5 Å². The zero-order valence-corrected chi connectivity index (χ0v) is 12.2. The van der Waals surface area contributed by atoms with E-state index in [-0.39, 0.29) is 5.91 Å². The molecule has 0 saturated carbocycles. The van der Waals surface area contributed by atoms with Crippen molar-refractivity contribution in [3.63, 3.8) is 0 Å². The number of amides is 1. The summed E-state index contributed by atoms with van der Waals surface area (Å²) in [5.74, 6) is 0.676. The molecule has 114 valence electrons. The number of aryl methyl sites for hydroxylation is 2. The van der Waals surface area contributed by atoms with Gasteiger partial charge in [0.05, 0.1) is 13.2 Å². The molecule has 0 aliphatic carbocycles. The molecule has 1 aromatic rings. The molecule has 3 aliphatic heterocycles. The van der Waals surface area contributed by atoms with Crippen molar-refractivity contribution in [3.05, 3.63) is 17.7 Å². The molecule has 6 heteroatoms. The van der Waals surface area contributed by atoms with Crippen LogP contribution in [0.5, 0.6) is 0 Å². The Morgan fingerprint density at radius 2 is 1.90 bits per heavy atom. The number of likely N-dealkylation sites (tertiary alicyclic amines) is 1. The first-order valence-corrected chi connectivity index (χ1v) is 7.89. The summed E-state index contributed by atoms with van der Waals surface area (Å²) < 4.78 is 13.5. The predicted octanol–water partition coefficient (Wildman–Crippen LogP) is 1.20. The van der Waals surface area contributed by atoms with Crippen LogP contribution in [0.1, 0.15) is 42.0 Å². The Morgan fingerprint density at radius 1 is 1.14 bits per heavy atom. The van der Waals surface area contributed by atoms with Crippen molar-refractivity contribution in [3.8, 4) is 0 Å². The zero-order valence-electron chi connectivity index (χ0n) is 12.2. The molecule has 4 heterocycles. The summed E-state index contributed by atoms with van der Waals surface area (Å²) in [6.07, 6.45) is 6.77. The van der Waals surface area contributed by atoms with Crippen LogP contribution in [0, 0.1) is 0 Å². The Morgan fingerprint density at radius 3 is 2.62 bits per heavy atom. The van der Waals surface area contributed by atoms with Gasteiger partial charge >= 0.3 is 0 Å². The third-order valence-corrected chi connectivity index (χ3v) is 4.75. The fraction of sp³-hybridized carbons (Fsp3) is 0.733. The van der Waals surface area contributed by atoms with Gasteiger partial charge in [-0.25, -0.2) is 4.98 Å². The summed E-state index contributed by atoms with van der Waals surface area (Å²) in [6.45, 7) is 3.69. The van der Waals surface area contributed by atoms with E-state index in [0.717, 1.165) is 31.6 Å². The fourth-order valence-electron chi connectivity index (χ4n) is 3.51. The second kappa shape index (κ2) is 5.10. The van der Waals surface area contributed by atoms with Crippen molar-refractivity contribution in [2.24, 2.45) is 0 Å². The van der Waals surface area contributed by atoms with E-state index in [0.29, 0.717) is 32.0 Å². The van der Waals surface area contributed by atoms with E-state index >= 15 is 0 Å². The standard InChI is InChI=1S/C15H21N3O3/c19-14(12-11-18-6-2-1-3-13(18)16-12)17-7-4-15(5-8-17)20-9-10-21-15/h11H,1-10H2. The number of hydrogen-bond acceptors (Lipinski definition) is 4. The fourth-order valence-corrected chi connectivity index (χ4v) is 3.51. The first-order chi connectivity index (χ1) is 10.3. The SMILES string of the molecule is O=C(c1cn2c(n1)CCCC2)N1CCC2(CC1)OCCO2. The predicted molar refractivity (Wildman–Crippen MR) is 74.9 cm³/mol. The first kappa shape index (κ1) is 13.3. The number of nitrogens with zero attached hydrogens (tertiary/aromatic N) is 3. The molecule has 21 heavy (non-hydrogen) atoms. The average Bonchev–Trinajstić information content (AvgIpc) is 3.14. The van der Waals surface area contributed by atoms with E-state index < -0.39 is 5.79 Å². The van der Waals surface area contributed by atoms with Crippen molar-refractivity contribution >= 4 is 5.91 Å². The Balaban J connectivity index is 1.44. The Hall–Kier alpha value is -1.40. The highest BCUT2D eigenvalue weighted by atomic mass is 16.7. The molecule has 0 unspecified atom stereocenters. The molecular weight excluding hydrogens is 270 g/mol. The minimum absolute atomic E-state index is 0.0461. The molecule has 2 fully saturated rings. The second-order valence-electron chi connectivity index (χ2n) is 6.09. The van der Waals surface area contributed by atoms with Crippen LogP contribution in [0.2, 0.25) is 0 Å². The van der Waals surface area contributed by atoms with Crippen LogP contribution in [0.3, 0.4) is 0 Å². The largest absolute Gasteiger partial charge is 0.347 e. The maximum absolute atomic E-state index is 12.6. The lowest BCUT2D eigenvalue weighted by atomic mass is 10.0. The van der Waals surface area contributed by atoms with Crippen LogP contribution in [0.4, 0.5) is 0 Å². The summed E-state index contributed by atoms with van der Waals surface area (Å²) >= 11 is 0. The molecule has 0 bridgehead atoms. The molecular formula is C15H21N3O3. The molecule has 1 spiro atoms. The highest BCUT2D eigenvalue weighted by Gasteiger charge is 2.41. The minimum Gasteiger partial charge on any atom is -0.347 e. The van der Waals surface area contributed by atoms with E-state index in [4.69, 9.17) is 9.47 Å². The third-order valence-electron chi connectivity index (χ3n) is 4.75. The van der Waals surface area contributed by atoms with Crippen molar-refractivity contribution in [2.75, 3.05) is 26.3 Å². The lowest BCUT2D eigenvalue weighted by Gasteiger charge is -2.37. The minimum atomic E-state index is -0.426. The number of carbonyl (C=O) groups excluding carboxylic acids is 1. The van der Waals surface area contributed by atoms with E-state index in [9.17, 15) is 4.79 Å². The van der Waals surface area contributed by atoms with Crippen molar-refractivity contribution < 1.29 is 14.3 Å². The van der Waals surface area contributed by atoms with Gasteiger partial charge in [0.15, 0.2) is 5.79 Å². The van der Waals surface area contributed by atoms with Gasteiger partial charge in [0, 0.05) is 45.1 Å². The maximum Gasteiger partial charge on any atom is 0.274 e.